The van der Waals surface area contributed by atoms with Gasteiger partial charge in [0.15, 0.2) is 5.82 Å². The molecule has 136 valence electrons. The van der Waals surface area contributed by atoms with Crippen molar-refractivity contribution in [1.29, 1.82) is 0 Å². The Labute approximate surface area is 153 Å². The molecule has 0 aliphatic heterocycles. The minimum Gasteiger partial charge on any atom is -0.342 e. The molecule has 0 unspecified atom stereocenters. The molecule has 0 spiro atoms. The zero-order valence-electron chi connectivity index (χ0n) is 14.2. The van der Waals surface area contributed by atoms with E-state index in [1.54, 1.807) is 0 Å². The fraction of sp³-hybridized carbons (Fsp3) is 0.812. The maximum Gasteiger partial charge on any atom is 0.236 e. The van der Waals surface area contributed by atoms with Gasteiger partial charge in [0, 0.05) is 13.1 Å². The molecule has 2 N–H and O–H groups in total. The largest absolute Gasteiger partial charge is 0.342 e. The standard InChI is InChI=1S/C16H26N4O2S.ClH/c1-20(12-6-3-2-4-7-12)14(21)11-23-10-13-18-15(19-22-13)16(17)8-5-9-16;/h12H,2-11,17H2,1H3;1H. The summed E-state index contributed by atoms with van der Waals surface area (Å²) in [7, 11) is 1.93. The predicted molar refractivity (Wildman–Crippen MR) is 97.1 cm³/mol. The van der Waals surface area contributed by atoms with Gasteiger partial charge in [-0.2, -0.15) is 4.98 Å². The van der Waals surface area contributed by atoms with Crippen molar-refractivity contribution in [3.8, 4) is 0 Å². The second-order valence-electron chi connectivity index (χ2n) is 6.81. The lowest BCUT2D eigenvalue weighted by Crippen LogP contribution is -2.44. The summed E-state index contributed by atoms with van der Waals surface area (Å²) >= 11 is 1.53. The zero-order valence-corrected chi connectivity index (χ0v) is 15.8. The Bertz CT molecular complexity index is 544. The van der Waals surface area contributed by atoms with E-state index in [9.17, 15) is 4.79 Å². The van der Waals surface area contributed by atoms with Crippen molar-refractivity contribution in [1.82, 2.24) is 15.0 Å². The molecule has 0 aromatic carbocycles. The van der Waals surface area contributed by atoms with Crippen molar-refractivity contribution in [3.05, 3.63) is 11.7 Å². The second kappa shape index (κ2) is 8.54. The van der Waals surface area contributed by atoms with E-state index in [1.165, 1.54) is 31.0 Å². The number of aromatic nitrogens is 2. The predicted octanol–water partition coefficient (Wildman–Crippen LogP) is 2.85. The van der Waals surface area contributed by atoms with E-state index >= 15 is 0 Å². The number of carbonyl (C=O) groups is 1. The van der Waals surface area contributed by atoms with Gasteiger partial charge < -0.3 is 15.2 Å². The second-order valence-corrected chi connectivity index (χ2v) is 7.80. The third-order valence-corrected chi connectivity index (χ3v) is 6.03. The Morgan fingerprint density at radius 2 is 2.04 bits per heavy atom. The molecule has 0 bridgehead atoms. The molecule has 1 heterocycles. The number of nitrogens with zero attached hydrogens (tertiary/aromatic N) is 3. The monoisotopic (exact) mass is 374 g/mol. The molecule has 6 nitrogen and oxygen atoms in total. The van der Waals surface area contributed by atoms with Gasteiger partial charge in [0.05, 0.1) is 17.0 Å². The SMILES string of the molecule is CN(C(=O)CSCc1nc(C2(N)CCC2)no1)C1CCCCC1.Cl. The van der Waals surface area contributed by atoms with Gasteiger partial charge in [-0.3, -0.25) is 4.79 Å². The molecule has 1 aromatic rings. The number of thioether (sulfide) groups is 1. The number of halogens is 1. The van der Waals surface area contributed by atoms with Crippen LogP contribution in [0, 0.1) is 0 Å². The van der Waals surface area contributed by atoms with Crippen LogP contribution in [0.3, 0.4) is 0 Å². The van der Waals surface area contributed by atoms with Gasteiger partial charge in [-0.15, -0.1) is 24.2 Å². The van der Waals surface area contributed by atoms with Crippen LogP contribution in [-0.2, 0) is 16.1 Å². The normalized spacial score (nSPS) is 20.1. The first-order valence-corrected chi connectivity index (χ1v) is 9.69. The van der Waals surface area contributed by atoms with Crippen molar-refractivity contribution in [3.63, 3.8) is 0 Å². The quantitative estimate of drug-likeness (QED) is 0.824. The van der Waals surface area contributed by atoms with Gasteiger partial charge in [-0.25, -0.2) is 0 Å². The van der Waals surface area contributed by atoms with Crippen molar-refractivity contribution in [2.24, 2.45) is 5.73 Å². The highest BCUT2D eigenvalue weighted by molar-refractivity contribution is 7.99. The summed E-state index contributed by atoms with van der Waals surface area (Å²) < 4.78 is 5.26. The summed E-state index contributed by atoms with van der Waals surface area (Å²) in [5, 5.41) is 4.00. The van der Waals surface area contributed by atoms with Crippen LogP contribution in [0.5, 0.6) is 0 Å². The molecular weight excluding hydrogens is 348 g/mol. The Balaban J connectivity index is 0.00000208. The molecule has 0 atom stereocenters. The van der Waals surface area contributed by atoms with Crippen LogP contribution in [0.4, 0.5) is 0 Å². The molecule has 24 heavy (non-hydrogen) atoms. The van der Waals surface area contributed by atoms with Gasteiger partial charge >= 0.3 is 0 Å². The van der Waals surface area contributed by atoms with Crippen molar-refractivity contribution >= 4 is 30.1 Å². The molecule has 0 radical (unpaired) electrons. The van der Waals surface area contributed by atoms with E-state index in [0.717, 1.165) is 32.1 Å². The lowest BCUT2D eigenvalue weighted by atomic mass is 9.77. The van der Waals surface area contributed by atoms with Crippen LogP contribution in [0.25, 0.3) is 0 Å². The van der Waals surface area contributed by atoms with E-state index in [1.807, 2.05) is 11.9 Å². The molecule has 2 aliphatic carbocycles. The van der Waals surface area contributed by atoms with Crippen LogP contribution in [0.2, 0.25) is 0 Å². The molecule has 2 fully saturated rings. The zero-order chi connectivity index (χ0) is 16.3. The van der Waals surface area contributed by atoms with Gasteiger partial charge in [0.1, 0.15) is 0 Å². The topological polar surface area (TPSA) is 85.2 Å². The third kappa shape index (κ3) is 4.43. The van der Waals surface area contributed by atoms with E-state index < -0.39 is 0 Å². The Morgan fingerprint density at radius 3 is 2.67 bits per heavy atom. The fourth-order valence-corrected chi connectivity index (χ4v) is 4.07. The summed E-state index contributed by atoms with van der Waals surface area (Å²) in [5.41, 5.74) is 5.80. The van der Waals surface area contributed by atoms with Crippen molar-refractivity contribution in [2.45, 2.75) is 68.7 Å². The summed E-state index contributed by atoms with van der Waals surface area (Å²) in [5.74, 6) is 2.39. The first-order valence-electron chi connectivity index (χ1n) is 8.54. The number of amides is 1. The molecule has 1 amide bonds. The Kier molecular flexibility index (Phi) is 6.95. The van der Waals surface area contributed by atoms with Crippen LogP contribution in [0.15, 0.2) is 4.52 Å². The Hall–Kier alpha value is -0.790. The van der Waals surface area contributed by atoms with E-state index in [4.69, 9.17) is 10.3 Å². The lowest BCUT2D eigenvalue weighted by Gasteiger charge is -2.34. The van der Waals surface area contributed by atoms with Crippen molar-refractivity contribution < 1.29 is 9.32 Å². The average Bonchev–Trinajstić information content (AvgIpc) is 3.02. The van der Waals surface area contributed by atoms with Gasteiger partial charge in [0.2, 0.25) is 11.8 Å². The molecule has 0 saturated heterocycles. The van der Waals surface area contributed by atoms with Crippen LogP contribution in [-0.4, -0.2) is 39.8 Å². The molecule has 1 aromatic heterocycles. The van der Waals surface area contributed by atoms with Crippen LogP contribution in [0.1, 0.15) is 63.1 Å². The first kappa shape index (κ1) is 19.5. The van der Waals surface area contributed by atoms with E-state index in [2.05, 4.69) is 10.1 Å². The summed E-state index contributed by atoms with van der Waals surface area (Å²) in [6, 6.07) is 0.419. The van der Waals surface area contributed by atoms with Gasteiger partial charge in [-0.05, 0) is 32.1 Å². The minimum atomic E-state index is -0.385. The highest BCUT2D eigenvalue weighted by Crippen LogP contribution is 2.37. The maximum atomic E-state index is 12.3. The van der Waals surface area contributed by atoms with Gasteiger partial charge in [-0.1, -0.05) is 24.4 Å². The summed E-state index contributed by atoms with van der Waals surface area (Å²) in [6.07, 6.45) is 9.01. The first-order chi connectivity index (χ1) is 11.1. The maximum absolute atomic E-state index is 12.3. The van der Waals surface area contributed by atoms with E-state index in [0.29, 0.717) is 29.3 Å². The third-order valence-electron chi connectivity index (χ3n) is 5.13. The summed E-state index contributed by atoms with van der Waals surface area (Å²) in [6.45, 7) is 0. The number of nitrogens with two attached hydrogens (primary N) is 1. The van der Waals surface area contributed by atoms with Crippen LogP contribution < -0.4 is 5.73 Å². The van der Waals surface area contributed by atoms with Gasteiger partial charge in [0.25, 0.3) is 0 Å². The highest BCUT2D eigenvalue weighted by Gasteiger charge is 2.38. The van der Waals surface area contributed by atoms with Crippen LogP contribution >= 0.6 is 24.2 Å². The molecule has 8 heteroatoms. The fourth-order valence-electron chi connectivity index (χ4n) is 3.30. The molecule has 3 rings (SSSR count). The van der Waals surface area contributed by atoms with Crippen molar-refractivity contribution in [2.75, 3.05) is 12.8 Å². The minimum absolute atomic E-state index is 0. The Morgan fingerprint density at radius 1 is 1.33 bits per heavy atom. The van der Waals surface area contributed by atoms with E-state index in [-0.39, 0.29) is 23.9 Å². The molecule has 2 saturated carbocycles. The molecule has 2 aliphatic rings. The number of hydrogen-bond acceptors (Lipinski definition) is 6. The molecular formula is C16H27ClN4O2S. The highest BCUT2D eigenvalue weighted by atomic mass is 35.5. The smallest absolute Gasteiger partial charge is 0.236 e. The average molecular weight is 375 g/mol. The lowest BCUT2D eigenvalue weighted by molar-refractivity contribution is -0.129. The number of rotatable bonds is 6. The number of hydrogen-bond donors (Lipinski definition) is 1. The number of carbonyl (C=O) groups excluding carboxylic acids is 1. The summed E-state index contributed by atoms with van der Waals surface area (Å²) in [4.78, 5) is 18.6.